The van der Waals surface area contributed by atoms with Gasteiger partial charge < -0.3 is 15.0 Å². The molecule has 3 rings (SSSR count). The quantitative estimate of drug-likeness (QED) is 0.735. The smallest absolute Gasteiger partial charge is 0.329 e. The summed E-state index contributed by atoms with van der Waals surface area (Å²) in [4.78, 5) is 39.2. The van der Waals surface area contributed by atoms with E-state index < -0.39 is 17.2 Å². The van der Waals surface area contributed by atoms with Crippen LogP contribution in [0.2, 0.25) is 0 Å². The fourth-order valence-electron chi connectivity index (χ4n) is 2.26. The normalized spacial score (nSPS) is 14.5. The number of ether oxygens (including phenoxy) is 1. The first-order valence-electron chi connectivity index (χ1n) is 7.33. The molecule has 3 heterocycles. The van der Waals surface area contributed by atoms with Crippen LogP contribution in [0.3, 0.4) is 0 Å². The minimum absolute atomic E-state index is 0.0767. The van der Waals surface area contributed by atoms with E-state index in [2.05, 4.69) is 20.5 Å². The Morgan fingerprint density at radius 2 is 2.00 bits per heavy atom. The molecule has 0 unspecified atom stereocenters. The SMILES string of the molecule is Cn1c(NC(=O)c2ccc(N3CCOCC3)nn2)cc(=O)[nH]c1=O. The number of nitrogens with one attached hydrogen (secondary N) is 2. The molecular formula is C14H16N6O4. The molecule has 126 valence electrons. The van der Waals surface area contributed by atoms with Crippen LogP contribution in [0.25, 0.3) is 0 Å². The Labute approximate surface area is 136 Å². The van der Waals surface area contributed by atoms with Crippen LogP contribution in [0.15, 0.2) is 27.8 Å². The summed E-state index contributed by atoms with van der Waals surface area (Å²) < 4.78 is 6.39. The molecule has 0 aliphatic carbocycles. The summed E-state index contributed by atoms with van der Waals surface area (Å²) in [6.07, 6.45) is 0. The number of carbonyl (C=O) groups is 1. The molecule has 2 aromatic rings. The number of amides is 1. The van der Waals surface area contributed by atoms with E-state index in [0.717, 1.165) is 23.7 Å². The largest absolute Gasteiger partial charge is 0.378 e. The average Bonchev–Trinajstić information content (AvgIpc) is 2.60. The Kier molecular flexibility index (Phi) is 4.38. The van der Waals surface area contributed by atoms with Gasteiger partial charge in [0.1, 0.15) is 5.82 Å². The number of carbonyl (C=O) groups excluding carboxylic acids is 1. The van der Waals surface area contributed by atoms with Crippen LogP contribution in [-0.4, -0.2) is 52.0 Å². The highest BCUT2D eigenvalue weighted by Crippen LogP contribution is 2.12. The molecule has 1 aliphatic rings. The van der Waals surface area contributed by atoms with Crippen molar-refractivity contribution >= 4 is 17.5 Å². The predicted molar refractivity (Wildman–Crippen MR) is 85.3 cm³/mol. The lowest BCUT2D eigenvalue weighted by atomic mass is 10.3. The van der Waals surface area contributed by atoms with Crippen molar-refractivity contribution in [3.05, 3.63) is 44.7 Å². The average molecular weight is 332 g/mol. The maximum absolute atomic E-state index is 12.2. The summed E-state index contributed by atoms with van der Waals surface area (Å²) in [6.45, 7) is 2.69. The number of rotatable bonds is 3. The minimum atomic E-state index is -0.619. The molecule has 0 bridgehead atoms. The van der Waals surface area contributed by atoms with Gasteiger partial charge in [-0.05, 0) is 12.1 Å². The molecule has 10 nitrogen and oxygen atoms in total. The lowest BCUT2D eigenvalue weighted by Crippen LogP contribution is -2.37. The highest BCUT2D eigenvalue weighted by molar-refractivity contribution is 6.02. The molecular weight excluding hydrogens is 316 g/mol. The van der Waals surface area contributed by atoms with Gasteiger partial charge >= 0.3 is 5.69 Å². The summed E-state index contributed by atoms with van der Waals surface area (Å²) in [5, 5.41) is 10.4. The van der Waals surface area contributed by atoms with Crippen molar-refractivity contribution in [2.75, 3.05) is 36.5 Å². The zero-order valence-corrected chi connectivity index (χ0v) is 13.0. The van der Waals surface area contributed by atoms with Crippen LogP contribution in [0, 0.1) is 0 Å². The van der Waals surface area contributed by atoms with Crippen molar-refractivity contribution in [2.45, 2.75) is 0 Å². The number of aromatic amines is 1. The molecule has 1 aliphatic heterocycles. The Morgan fingerprint density at radius 1 is 1.25 bits per heavy atom. The first-order chi connectivity index (χ1) is 11.5. The second-order valence-corrected chi connectivity index (χ2v) is 5.21. The topological polar surface area (TPSA) is 122 Å². The molecule has 2 N–H and O–H groups in total. The molecule has 24 heavy (non-hydrogen) atoms. The molecule has 2 aromatic heterocycles. The van der Waals surface area contributed by atoms with E-state index in [1.54, 1.807) is 12.1 Å². The third-order valence-electron chi connectivity index (χ3n) is 3.62. The number of nitrogens with zero attached hydrogens (tertiary/aromatic N) is 4. The van der Waals surface area contributed by atoms with Crippen LogP contribution in [0.5, 0.6) is 0 Å². The van der Waals surface area contributed by atoms with Crippen LogP contribution in [0.4, 0.5) is 11.6 Å². The summed E-state index contributed by atoms with van der Waals surface area (Å²) in [5.41, 5.74) is -1.13. The molecule has 1 amide bonds. The van der Waals surface area contributed by atoms with Gasteiger partial charge in [-0.1, -0.05) is 0 Å². The predicted octanol–water partition coefficient (Wildman–Crippen LogP) is -1.05. The van der Waals surface area contributed by atoms with Crippen LogP contribution in [0.1, 0.15) is 10.5 Å². The van der Waals surface area contributed by atoms with Crippen molar-refractivity contribution in [3.8, 4) is 0 Å². The van der Waals surface area contributed by atoms with Crippen molar-refractivity contribution in [1.29, 1.82) is 0 Å². The Balaban J connectivity index is 1.76. The molecule has 0 aromatic carbocycles. The van der Waals surface area contributed by atoms with E-state index in [1.807, 2.05) is 4.90 Å². The second-order valence-electron chi connectivity index (χ2n) is 5.21. The summed E-state index contributed by atoms with van der Waals surface area (Å²) in [6, 6.07) is 4.36. The molecule has 0 atom stereocenters. The summed E-state index contributed by atoms with van der Waals surface area (Å²) in [5.74, 6) is 0.183. The van der Waals surface area contributed by atoms with E-state index in [1.165, 1.54) is 7.05 Å². The molecule has 0 spiro atoms. The van der Waals surface area contributed by atoms with Crippen molar-refractivity contribution in [1.82, 2.24) is 19.7 Å². The maximum Gasteiger partial charge on any atom is 0.329 e. The van der Waals surface area contributed by atoms with E-state index in [9.17, 15) is 14.4 Å². The van der Waals surface area contributed by atoms with Gasteiger partial charge in [0, 0.05) is 26.2 Å². The number of aromatic nitrogens is 4. The van der Waals surface area contributed by atoms with Crippen LogP contribution >= 0.6 is 0 Å². The lowest BCUT2D eigenvalue weighted by Gasteiger charge is -2.27. The van der Waals surface area contributed by atoms with Crippen LogP contribution < -0.4 is 21.5 Å². The first kappa shape index (κ1) is 15.9. The van der Waals surface area contributed by atoms with Gasteiger partial charge in [-0.2, -0.15) is 0 Å². The highest BCUT2D eigenvalue weighted by atomic mass is 16.5. The Hall–Kier alpha value is -3.01. The van der Waals surface area contributed by atoms with E-state index in [-0.39, 0.29) is 11.5 Å². The molecule has 10 heteroatoms. The second kappa shape index (κ2) is 6.62. The Bertz CT molecular complexity index is 851. The van der Waals surface area contributed by atoms with E-state index in [0.29, 0.717) is 19.0 Å². The highest BCUT2D eigenvalue weighted by Gasteiger charge is 2.15. The van der Waals surface area contributed by atoms with Gasteiger partial charge in [-0.25, -0.2) is 4.79 Å². The molecule has 0 saturated carbocycles. The van der Waals surface area contributed by atoms with Crippen molar-refractivity contribution in [2.24, 2.45) is 7.05 Å². The maximum atomic E-state index is 12.2. The van der Waals surface area contributed by atoms with E-state index in [4.69, 9.17) is 4.74 Å². The van der Waals surface area contributed by atoms with Gasteiger partial charge in [0.05, 0.1) is 13.2 Å². The zero-order valence-electron chi connectivity index (χ0n) is 13.0. The molecule has 1 fully saturated rings. The molecule has 1 saturated heterocycles. The number of morpholine rings is 1. The lowest BCUT2D eigenvalue weighted by molar-refractivity contribution is 0.102. The van der Waals surface area contributed by atoms with Gasteiger partial charge in [-0.15, -0.1) is 10.2 Å². The molecule has 0 radical (unpaired) electrons. The summed E-state index contributed by atoms with van der Waals surface area (Å²) in [7, 11) is 1.43. The monoisotopic (exact) mass is 332 g/mol. The number of hydrogen-bond acceptors (Lipinski definition) is 7. The number of hydrogen-bond donors (Lipinski definition) is 2. The first-order valence-corrected chi connectivity index (χ1v) is 7.33. The number of H-pyrrole nitrogens is 1. The van der Waals surface area contributed by atoms with Gasteiger partial charge in [0.2, 0.25) is 0 Å². The van der Waals surface area contributed by atoms with Gasteiger partial charge in [0.15, 0.2) is 11.5 Å². The van der Waals surface area contributed by atoms with E-state index >= 15 is 0 Å². The van der Waals surface area contributed by atoms with Crippen molar-refractivity contribution in [3.63, 3.8) is 0 Å². The summed E-state index contributed by atoms with van der Waals surface area (Å²) >= 11 is 0. The number of anilines is 2. The van der Waals surface area contributed by atoms with Gasteiger partial charge in [0.25, 0.3) is 11.5 Å². The Morgan fingerprint density at radius 3 is 2.67 bits per heavy atom. The van der Waals surface area contributed by atoms with Crippen LogP contribution in [-0.2, 0) is 11.8 Å². The fourth-order valence-corrected chi connectivity index (χ4v) is 2.26. The fraction of sp³-hybridized carbons (Fsp3) is 0.357. The van der Waals surface area contributed by atoms with Gasteiger partial charge in [-0.3, -0.25) is 19.1 Å². The zero-order chi connectivity index (χ0) is 17.1. The minimum Gasteiger partial charge on any atom is -0.378 e. The van der Waals surface area contributed by atoms with Crippen molar-refractivity contribution < 1.29 is 9.53 Å². The standard InChI is InChI=1S/C14H16N6O4/c1-19-11(8-12(21)16-14(19)23)15-13(22)9-2-3-10(18-17-9)20-4-6-24-7-5-20/h2-3,8H,4-7H2,1H3,(H,15,22)(H,16,21,23). The third kappa shape index (κ3) is 3.33. The third-order valence-corrected chi connectivity index (χ3v) is 3.62.